The van der Waals surface area contributed by atoms with Crippen molar-refractivity contribution in [2.24, 2.45) is 0 Å². The van der Waals surface area contributed by atoms with E-state index < -0.39 is 0 Å². The van der Waals surface area contributed by atoms with E-state index in [-0.39, 0.29) is 10.8 Å². The van der Waals surface area contributed by atoms with Crippen LogP contribution in [0.3, 0.4) is 0 Å². The normalized spacial score (nSPS) is 12.6. The first kappa shape index (κ1) is 20.9. The Kier molecular flexibility index (Phi) is 7.19. The molecular weight excluding hydrogens is 296 g/mol. The Morgan fingerprint density at radius 3 is 1.83 bits per heavy atom. The lowest BCUT2D eigenvalue weighted by Crippen LogP contribution is -2.19. The lowest BCUT2D eigenvalue weighted by atomic mass is 9.76. The van der Waals surface area contributed by atoms with Crippen molar-refractivity contribution in [3.63, 3.8) is 0 Å². The van der Waals surface area contributed by atoms with Crippen molar-refractivity contribution in [2.45, 2.75) is 104 Å². The highest BCUT2D eigenvalue weighted by Crippen LogP contribution is 2.45. The molecule has 0 aliphatic heterocycles. The lowest BCUT2D eigenvalue weighted by molar-refractivity contribution is 0.406. The van der Waals surface area contributed by atoms with Gasteiger partial charge in [0.05, 0.1) is 0 Å². The molecule has 138 valence electrons. The van der Waals surface area contributed by atoms with Crippen LogP contribution >= 0.6 is 0 Å². The average molecular weight is 335 g/mol. The third-order valence-corrected chi connectivity index (χ3v) is 4.72. The molecule has 0 amide bonds. The van der Waals surface area contributed by atoms with E-state index in [2.05, 4.69) is 48.5 Å². The Morgan fingerprint density at radius 1 is 0.792 bits per heavy atom. The second-order valence-electron chi connectivity index (χ2n) is 9.16. The highest BCUT2D eigenvalue weighted by molar-refractivity contribution is 5.57. The number of phenolic OH excluding ortho intramolecular Hbond substituents is 2. The maximum Gasteiger partial charge on any atom is 0.123 e. The van der Waals surface area contributed by atoms with E-state index in [9.17, 15) is 10.2 Å². The average Bonchev–Trinajstić information content (AvgIpc) is 2.43. The summed E-state index contributed by atoms with van der Waals surface area (Å²) in [6.07, 6.45) is 8.20. The van der Waals surface area contributed by atoms with E-state index in [1.54, 1.807) is 6.07 Å². The Labute approximate surface area is 149 Å². The van der Waals surface area contributed by atoms with Crippen LogP contribution in [0.1, 0.15) is 104 Å². The van der Waals surface area contributed by atoms with Crippen molar-refractivity contribution in [3.8, 4) is 11.5 Å². The molecule has 0 bridgehead atoms. The molecule has 0 aromatic heterocycles. The van der Waals surface area contributed by atoms with Crippen molar-refractivity contribution in [1.29, 1.82) is 0 Å². The molecule has 2 nitrogen and oxygen atoms in total. The van der Waals surface area contributed by atoms with E-state index in [0.29, 0.717) is 11.5 Å². The van der Waals surface area contributed by atoms with Crippen LogP contribution in [0.25, 0.3) is 0 Å². The van der Waals surface area contributed by atoms with Crippen LogP contribution in [0.15, 0.2) is 6.07 Å². The van der Waals surface area contributed by atoms with Gasteiger partial charge in [0.1, 0.15) is 11.5 Å². The van der Waals surface area contributed by atoms with Gasteiger partial charge in [-0.05, 0) is 29.7 Å². The first-order valence-corrected chi connectivity index (χ1v) is 9.59. The van der Waals surface area contributed by atoms with Crippen molar-refractivity contribution < 1.29 is 10.2 Å². The van der Waals surface area contributed by atoms with E-state index in [1.165, 1.54) is 32.1 Å². The molecule has 1 rings (SSSR count). The van der Waals surface area contributed by atoms with Crippen LogP contribution in [0, 0.1) is 0 Å². The molecule has 24 heavy (non-hydrogen) atoms. The number of unbranched alkanes of at least 4 members (excludes halogenated alkanes) is 5. The number of benzene rings is 1. The number of aromatic hydroxyl groups is 2. The second-order valence-corrected chi connectivity index (χ2v) is 9.16. The van der Waals surface area contributed by atoms with Gasteiger partial charge in [-0.3, -0.25) is 0 Å². The first-order chi connectivity index (χ1) is 11.0. The van der Waals surface area contributed by atoms with Gasteiger partial charge in [0.25, 0.3) is 0 Å². The highest BCUT2D eigenvalue weighted by Gasteiger charge is 2.30. The zero-order valence-corrected chi connectivity index (χ0v) is 16.9. The molecule has 2 N–H and O–H groups in total. The Balaban J connectivity index is 3.09. The second kappa shape index (κ2) is 8.27. The SMILES string of the molecule is CCCCCCCCc1c(O)cc(C(C)(C)C)c(O)c1C(C)(C)C. The summed E-state index contributed by atoms with van der Waals surface area (Å²) in [5.41, 5.74) is 2.29. The van der Waals surface area contributed by atoms with E-state index >= 15 is 0 Å². The van der Waals surface area contributed by atoms with Crippen LogP contribution in [0.5, 0.6) is 11.5 Å². The van der Waals surface area contributed by atoms with Crippen LogP contribution in [-0.2, 0) is 17.3 Å². The fraction of sp³-hybridized carbons (Fsp3) is 0.727. The number of rotatable bonds is 7. The molecule has 0 aliphatic rings. The summed E-state index contributed by atoms with van der Waals surface area (Å²) in [6, 6.07) is 1.77. The van der Waals surface area contributed by atoms with Gasteiger partial charge in [0, 0.05) is 16.7 Å². The number of hydrogen-bond acceptors (Lipinski definition) is 2. The van der Waals surface area contributed by atoms with Gasteiger partial charge in [-0.2, -0.15) is 0 Å². The maximum atomic E-state index is 10.9. The van der Waals surface area contributed by atoms with Crippen molar-refractivity contribution in [2.75, 3.05) is 0 Å². The maximum absolute atomic E-state index is 10.9. The van der Waals surface area contributed by atoms with Gasteiger partial charge in [-0.15, -0.1) is 0 Å². The molecule has 0 spiro atoms. The summed E-state index contributed by atoms with van der Waals surface area (Å²) in [7, 11) is 0. The fourth-order valence-corrected chi connectivity index (χ4v) is 3.41. The summed E-state index contributed by atoms with van der Waals surface area (Å²) >= 11 is 0. The van der Waals surface area contributed by atoms with Gasteiger partial charge >= 0.3 is 0 Å². The molecule has 0 saturated carbocycles. The molecule has 0 unspecified atom stereocenters. The molecule has 0 atom stereocenters. The van der Waals surface area contributed by atoms with E-state index in [0.717, 1.165) is 29.5 Å². The lowest BCUT2D eigenvalue weighted by Gasteiger charge is -2.30. The molecule has 1 aromatic rings. The number of phenols is 2. The van der Waals surface area contributed by atoms with Crippen LogP contribution in [-0.4, -0.2) is 10.2 Å². The third-order valence-electron chi connectivity index (χ3n) is 4.72. The molecule has 0 fully saturated rings. The van der Waals surface area contributed by atoms with Gasteiger partial charge in [-0.25, -0.2) is 0 Å². The summed E-state index contributed by atoms with van der Waals surface area (Å²) in [5.74, 6) is 0.713. The minimum Gasteiger partial charge on any atom is -0.508 e. The standard InChI is InChI=1S/C22H38O2/c1-8-9-10-11-12-13-14-16-18(23)15-17(21(2,3)4)20(24)19(16)22(5,6)7/h15,23-24H,8-14H2,1-7H3. The molecule has 0 heterocycles. The van der Waals surface area contributed by atoms with Gasteiger partial charge in [0.15, 0.2) is 0 Å². The van der Waals surface area contributed by atoms with Gasteiger partial charge in [-0.1, -0.05) is 80.6 Å². The Hall–Kier alpha value is -1.18. The van der Waals surface area contributed by atoms with Gasteiger partial charge in [0.2, 0.25) is 0 Å². The molecule has 0 radical (unpaired) electrons. The minimum atomic E-state index is -0.194. The minimum absolute atomic E-state index is 0.194. The molecule has 2 heteroatoms. The molecular formula is C22H38O2. The van der Waals surface area contributed by atoms with Crippen molar-refractivity contribution in [1.82, 2.24) is 0 Å². The van der Waals surface area contributed by atoms with E-state index in [4.69, 9.17) is 0 Å². The summed E-state index contributed by atoms with van der Waals surface area (Å²) < 4.78 is 0. The molecule has 1 aromatic carbocycles. The molecule has 0 saturated heterocycles. The zero-order valence-electron chi connectivity index (χ0n) is 16.9. The Morgan fingerprint density at radius 2 is 1.33 bits per heavy atom. The largest absolute Gasteiger partial charge is 0.508 e. The summed E-state index contributed by atoms with van der Waals surface area (Å²) in [5, 5.41) is 21.6. The number of hydrogen-bond donors (Lipinski definition) is 2. The fourth-order valence-electron chi connectivity index (χ4n) is 3.41. The first-order valence-electron chi connectivity index (χ1n) is 9.59. The molecule has 0 aliphatic carbocycles. The topological polar surface area (TPSA) is 40.5 Å². The quantitative estimate of drug-likeness (QED) is 0.436. The van der Waals surface area contributed by atoms with Crippen molar-refractivity contribution in [3.05, 3.63) is 22.8 Å². The summed E-state index contributed by atoms with van der Waals surface area (Å²) in [6.45, 7) is 14.8. The monoisotopic (exact) mass is 334 g/mol. The van der Waals surface area contributed by atoms with Gasteiger partial charge < -0.3 is 10.2 Å². The van der Waals surface area contributed by atoms with Crippen molar-refractivity contribution >= 4 is 0 Å². The summed E-state index contributed by atoms with van der Waals surface area (Å²) in [4.78, 5) is 0. The third kappa shape index (κ3) is 5.43. The predicted molar refractivity (Wildman–Crippen MR) is 104 cm³/mol. The zero-order chi connectivity index (χ0) is 18.5. The van der Waals surface area contributed by atoms with Crippen LogP contribution in [0.4, 0.5) is 0 Å². The Bertz CT molecular complexity index is 530. The van der Waals surface area contributed by atoms with E-state index in [1.807, 2.05) is 0 Å². The van der Waals surface area contributed by atoms with Crippen LogP contribution in [0.2, 0.25) is 0 Å². The van der Waals surface area contributed by atoms with Crippen LogP contribution < -0.4 is 0 Å². The smallest absolute Gasteiger partial charge is 0.123 e. The highest BCUT2D eigenvalue weighted by atomic mass is 16.3. The predicted octanol–water partition coefficient (Wildman–Crippen LogP) is 6.60.